The van der Waals surface area contributed by atoms with E-state index in [0.717, 1.165) is 5.56 Å². The normalized spacial score (nSPS) is 19.4. The SMILES string of the molecule is CC(C)[C@H](NC(=O)[C@@H]1CCCN1C(=O)[C@@H](N)Cc1ccccc1)C(=O)N[C@@H](CCCN=C(N)N)C(=O)N1CCC[C@H]1C(=O)N[C@@H](CCC(N)=O)C(=O)N[C@H](C(=O)N1CCC[C@H]1C(=O)N[C@@H](Cc1ccccc1)C(=O)O)C(C)C. The van der Waals surface area contributed by atoms with Gasteiger partial charge in [-0.1, -0.05) is 88.4 Å². The second-order valence-corrected chi connectivity index (χ2v) is 21.0. The molecule has 14 N–H and O–H groups in total. The van der Waals surface area contributed by atoms with E-state index >= 15 is 0 Å². The van der Waals surface area contributed by atoms with Gasteiger partial charge in [-0.05, 0) is 87.2 Å². The molecule has 0 unspecified atom stereocenters. The number of benzene rings is 2. The number of hydrogen-bond donors (Lipinski definition) is 10. The third-order valence-electron chi connectivity index (χ3n) is 14.4. The quantitative estimate of drug-likeness (QED) is 0.0289. The van der Waals surface area contributed by atoms with Crippen LogP contribution in [0.2, 0.25) is 0 Å². The van der Waals surface area contributed by atoms with Crippen molar-refractivity contribution in [2.24, 2.45) is 39.8 Å². The minimum Gasteiger partial charge on any atom is -0.480 e. The zero-order chi connectivity index (χ0) is 57.2. The van der Waals surface area contributed by atoms with Crippen molar-refractivity contribution in [3.05, 3.63) is 71.8 Å². The minimum absolute atomic E-state index is 0.00853. The first-order valence-electron chi connectivity index (χ1n) is 26.9. The number of carboxylic acids is 1. The molecular weight excluding hydrogens is 1010 g/mol. The molecule has 3 heterocycles. The van der Waals surface area contributed by atoms with E-state index in [4.69, 9.17) is 22.9 Å². The summed E-state index contributed by atoms with van der Waals surface area (Å²) in [4.78, 5) is 145. The number of rotatable bonds is 27. The van der Waals surface area contributed by atoms with Gasteiger partial charge in [0.1, 0.15) is 48.3 Å². The molecule has 3 saturated heterocycles. The van der Waals surface area contributed by atoms with Crippen LogP contribution in [0.1, 0.15) is 103 Å². The molecule has 0 aromatic heterocycles. The number of hydrogen-bond acceptors (Lipinski definition) is 12. The fourth-order valence-electron chi connectivity index (χ4n) is 10.2. The Morgan fingerprint density at radius 1 is 0.564 bits per heavy atom. The Kier molecular flexibility index (Phi) is 22.9. The molecule has 3 fully saturated rings. The van der Waals surface area contributed by atoms with Crippen LogP contribution in [0.25, 0.3) is 0 Å². The van der Waals surface area contributed by atoms with Crippen LogP contribution in [-0.2, 0) is 60.8 Å². The topological polar surface area (TPSA) is 377 Å². The lowest BCUT2D eigenvalue weighted by Gasteiger charge is -2.33. The number of likely N-dealkylation sites (tertiary alicyclic amines) is 3. The van der Waals surface area contributed by atoms with Crippen molar-refractivity contribution in [3.63, 3.8) is 0 Å². The molecule has 9 amide bonds. The van der Waals surface area contributed by atoms with Gasteiger partial charge in [-0.2, -0.15) is 0 Å². The second kappa shape index (κ2) is 29.2. The van der Waals surface area contributed by atoms with Gasteiger partial charge in [-0.25, -0.2) is 4.79 Å². The summed E-state index contributed by atoms with van der Waals surface area (Å²) in [6.07, 6.45) is 1.96. The number of aliphatic imine (C=N–C) groups is 1. The number of carbonyl (C=O) groups is 10. The van der Waals surface area contributed by atoms with E-state index < -0.39 is 125 Å². The summed E-state index contributed by atoms with van der Waals surface area (Å²) in [6.45, 7) is 7.42. The molecule has 2 aromatic rings. The van der Waals surface area contributed by atoms with Crippen LogP contribution < -0.4 is 49.5 Å². The number of nitrogens with zero attached hydrogens (tertiary/aromatic N) is 4. The van der Waals surface area contributed by atoms with Gasteiger partial charge in [0.25, 0.3) is 0 Å². The summed E-state index contributed by atoms with van der Waals surface area (Å²) < 4.78 is 0. The maximum Gasteiger partial charge on any atom is 0.326 e. The molecule has 0 aliphatic carbocycles. The zero-order valence-electron chi connectivity index (χ0n) is 45.1. The molecule has 24 heteroatoms. The molecular formula is C54H79N13O11. The number of carbonyl (C=O) groups excluding carboxylic acids is 9. The van der Waals surface area contributed by atoms with E-state index in [1.807, 2.05) is 30.3 Å². The summed E-state index contributed by atoms with van der Waals surface area (Å²) in [5.74, 6) is -8.40. The van der Waals surface area contributed by atoms with Crippen LogP contribution in [0.4, 0.5) is 0 Å². The highest BCUT2D eigenvalue weighted by Gasteiger charge is 2.44. The van der Waals surface area contributed by atoms with Crippen molar-refractivity contribution in [1.82, 2.24) is 41.3 Å². The Morgan fingerprint density at radius 3 is 1.53 bits per heavy atom. The summed E-state index contributed by atoms with van der Waals surface area (Å²) in [5, 5.41) is 23.5. The first-order chi connectivity index (χ1) is 37.1. The fraction of sp³-hybridized carbons (Fsp3) is 0.574. The third-order valence-corrected chi connectivity index (χ3v) is 14.4. The average molecular weight is 1090 g/mol. The molecule has 78 heavy (non-hydrogen) atoms. The van der Waals surface area contributed by atoms with Gasteiger partial charge in [0.05, 0.1) is 6.04 Å². The smallest absolute Gasteiger partial charge is 0.326 e. The van der Waals surface area contributed by atoms with Crippen LogP contribution in [0.5, 0.6) is 0 Å². The number of amides is 9. The van der Waals surface area contributed by atoms with Crippen LogP contribution in [0, 0.1) is 11.8 Å². The molecule has 426 valence electrons. The highest BCUT2D eigenvalue weighted by atomic mass is 16.4. The van der Waals surface area contributed by atoms with Crippen molar-refractivity contribution in [3.8, 4) is 0 Å². The number of nitrogens with one attached hydrogen (secondary N) is 5. The standard InChI is InChI=1S/C54H79N13O11/c1-31(2)43(63-48(72)41-22-12-26-65(41)50(74)35(55)29-33-15-7-5-8-16-33)49(73)61-37(19-11-25-59-54(57)58)51(75)66-27-13-20-39(66)46(70)60-36(23-24-42(56)68)45(69)64-44(32(3)4)52(76)67-28-14-21-40(67)47(71)62-38(53(77)78)30-34-17-9-6-10-18-34/h5-10,15-18,31-32,35-41,43-44H,11-14,19-30,55H2,1-4H3,(H2,56,68)(H,60,70)(H,61,73)(H,62,71)(H,63,72)(H,64,69)(H,77,78)(H4,57,58,59)/t35-,36-,37-,38-,39-,40-,41-,43-,44-/m0/s1. The first kappa shape index (κ1) is 61.2. The highest BCUT2D eigenvalue weighted by molar-refractivity contribution is 5.99. The number of carboxylic acid groups (broad SMARTS) is 1. The Morgan fingerprint density at radius 2 is 1.04 bits per heavy atom. The summed E-state index contributed by atoms with van der Waals surface area (Å²) in [6, 6.07) is 7.71. The summed E-state index contributed by atoms with van der Waals surface area (Å²) in [7, 11) is 0. The number of aliphatic carboxylic acids is 1. The van der Waals surface area contributed by atoms with E-state index in [-0.39, 0.29) is 77.0 Å². The Hall–Kier alpha value is -7.63. The van der Waals surface area contributed by atoms with E-state index in [9.17, 15) is 53.1 Å². The summed E-state index contributed by atoms with van der Waals surface area (Å²) in [5.41, 5.74) is 24.5. The Bertz CT molecular complexity index is 2470. The van der Waals surface area contributed by atoms with E-state index in [1.54, 1.807) is 58.0 Å². The summed E-state index contributed by atoms with van der Waals surface area (Å²) >= 11 is 0. The lowest BCUT2D eigenvalue weighted by molar-refractivity contribution is -0.145. The maximum atomic E-state index is 14.6. The number of nitrogens with two attached hydrogens (primary N) is 4. The van der Waals surface area contributed by atoms with Crippen molar-refractivity contribution in [2.75, 3.05) is 26.2 Å². The molecule has 0 spiro atoms. The number of primary amides is 1. The van der Waals surface area contributed by atoms with Gasteiger partial charge < -0.3 is 69.3 Å². The zero-order valence-corrected chi connectivity index (χ0v) is 45.1. The van der Waals surface area contributed by atoms with Crippen molar-refractivity contribution in [2.45, 2.75) is 159 Å². The predicted octanol–water partition coefficient (Wildman–Crippen LogP) is -1.09. The van der Waals surface area contributed by atoms with Crippen molar-refractivity contribution in [1.29, 1.82) is 0 Å². The van der Waals surface area contributed by atoms with E-state index in [2.05, 4.69) is 31.6 Å². The van der Waals surface area contributed by atoms with E-state index in [0.29, 0.717) is 37.8 Å². The molecule has 3 aliphatic rings. The molecule has 0 radical (unpaired) electrons. The third kappa shape index (κ3) is 17.2. The van der Waals surface area contributed by atoms with E-state index in [1.165, 1.54) is 14.7 Å². The first-order valence-corrected chi connectivity index (χ1v) is 26.9. The maximum absolute atomic E-state index is 14.6. The molecule has 0 bridgehead atoms. The van der Waals surface area contributed by atoms with Crippen LogP contribution >= 0.6 is 0 Å². The monoisotopic (exact) mass is 1090 g/mol. The average Bonchev–Trinajstić information content (AvgIpc) is 4.23. The van der Waals surface area contributed by atoms with Crippen LogP contribution in [0.15, 0.2) is 65.7 Å². The van der Waals surface area contributed by atoms with Gasteiger partial charge in [-0.3, -0.25) is 48.1 Å². The molecule has 0 saturated carbocycles. The lowest BCUT2D eigenvalue weighted by atomic mass is 10.00. The minimum atomic E-state index is -1.43. The molecule has 24 nitrogen and oxygen atoms in total. The van der Waals surface area contributed by atoms with Gasteiger partial charge in [0, 0.05) is 39.0 Å². The van der Waals surface area contributed by atoms with Crippen molar-refractivity contribution >= 4 is 65.1 Å². The molecule has 3 aliphatic heterocycles. The Labute approximate surface area is 454 Å². The fourth-order valence-corrected chi connectivity index (χ4v) is 10.2. The second-order valence-electron chi connectivity index (χ2n) is 21.0. The Balaban J connectivity index is 1.28. The lowest BCUT2D eigenvalue weighted by Crippen LogP contribution is -2.61. The van der Waals surface area contributed by atoms with Gasteiger partial charge in [-0.15, -0.1) is 0 Å². The highest BCUT2D eigenvalue weighted by Crippen LogP contribution is 2.24. The predicted molar refractivity (Wildman–Crippen MR) is 288 cm³/mol. The van der Waals surface area contributed by atoms with Crippen LogP contribution in [-0.4, -0.2) is 165 Å². The van der Waals surface area contributed by atoms with Crippen LogP contribution in [0.3, 0.4) is 0 Å². The van der Waals surface area contributed by atoms with Gasteiger partial charge >= 0.3 is 5.97 Å². The van der Waals surface area contributed by atoms with Gasteiger partial charge in [0.2, 0.25) is 53.2 Å². The number of guanidine groups is 1. The molecule has 5 rings (SSSR count). The van der Waals surface area contributed by atoms with Gasteiger partial charge in [0.15, 0.2) is 5.96 Å². The van der Waals surface area contributed by atoms with Crippen molar-refractivity contribution < 1.29 is 53.1 Å². The molecule has 9 atom stereocenters. The largest absolute Gasteiger partial charge is 0.480 e. The molecule has 2 aromatic carbocycles.